The fourth-order valence-corrected chi connectivity index (χ4v) is 6.09. The third-order valence-corrected chi connectivity index (χ3v) is 7.47. The molecule has 1 aliphatic rings. The average Bonchev–Trinajstić information content (AvgIpc) is 3.11. The molecule has 0 saturated carbocycles. The van der Waals surface area contributed by atoms with Crippen molar-refractivity contribution in [1.82, 2.24) is 14.5 Å². The first-order chi connectivity index (χ1) is 15.0. The molecule has 0 radical (unpaired) electrons. The number of aryl methyl sites for hydroxylation is 1. The van der Waals surface area contributed by atoms with Crippen molar-refractivity contribution < 1.29 is 4.79 Å². The van der Waals surface area contributed by atoms with Gasteiger partial charge in [0.2, 0.25) is 5.91 Å². The van der Waals surface area contributed by atoms with Crippen molar-refractivity contribution in [3.05, 3.63) is 33.4 Å². The van der Waals surface area contributed by atoms with E-state index < -0.39 is 0 Å². The first-order valence-electron chi connectivity index (χ1n) is 10.3. The molecule has 162 valence electrons. The number of fused-ring (bicyclic) bond motifs is 3. The first-order valence-corrected chi connectivity index (χ1v) is 12.1. The Balaban J connectivity index is 1.89. The van der Waals surface area contributed by atoms with Crippen LogP contribution in [0.25, 0.3) is 10.2 Å². The summed E-state index contributed by atoms with van der Waals surface area (Å²) in [6.45, 7) is 6.90. The van der Waals surface area contributed by atoms with Gasteiger partial charge in [0.25, 0.3) is 5.56 Å². The second-order valence-corrected chi connectivity index (χ2v) is 9.64. The van der Waals surface area contributed by atoms with Crippen LogP contribution in [-0.4, -0.2) is 39.2 Å². The van der Waals surface area contributed by atoms with E-state index in [1.807, 2.05) is 12.1 Å². The number of thiophene rings is 1. The summed E-state index contributed by atoms with van der Waals surface area (Å²) in [5, 5.41) is 18.9. The molecule has 2 heterocycles. The second-order valence-electron chi connectivity index (χ2n) is 7.62. The maximum Gasteiger partial charge on any atom is 0.263 e. The van der Waals surface area contributed by atoms with Gasteiger partial charge < -0.3 is 4.90 Å². The van der Waals surface area contributed by atoms with Crippen molar-refractivity contribution in [1.29, 1.82) is 10.5 Å². The molecule has 0 fully saturated rings. The van der Waals surface area contributed by atoms with Crippen LogP contribution in [0.1, 0.15) is 36.6 Å². The van der Waals surface area contributed by atoms with Crippen LogP contribution in [0, 0.1) is 28.6 Å². The number of aromatic nitrogens is 2. The van der Waals surface area contributed by atoms with Crippen LogP contribution >= 0.6 is 23.1 Å². The zero-order chi connectivity index (χ0) is 22.4. The highest BCUT2D eigenvalue weighted by molar-refractivity contribution is 7.99. The molecule has 31 heavy (non-hydrogen) atoms. The van der Waals surface area contributed by atoms with Crippen molar-refractivity contribution in [2.45, 2.75) is 50.7 Å². The summed E-state index contributed by atoms with van der Waals surface area (Å²) in [6, 6.07) is 4.06. The summed E-state index contributed by atoms with van der Waals surface area (Å²) in [5.74, 6) is 0.526. The number of nitrogens with zero attached hydrogens (tertiary/aromatic N) is 5. The first kappa shape index (κ1) is 23.1. The van der Waals surface area contributed by atoms with E-state index in [1.165, 1.54) is 21.5 Å². The van der Waals surface area contributed by atoms with E-state index in [9.17, 15) is 9.59 Å². The highest BCUT2D eigenvalue weighted by Crippen LogP contribution is 2.36. The molecule has 2 aromatic rings. The van der Waals surface area contributed by atoms with E-state index in [0.717, 1.165) is 29.7 Å². The molecule has 1 atom stereocenters. The number of nitriles is 2. The largest absolute Gasteiger partial charge is 0.340 e. The van der Waals surface area contributed by atoms with Gasteiger partial charge in [-0.1, -0.05) is 24.8 Å². The molecule has 0 bridgehead atoms. The summed E-state index contributed by atoms with van der Waals surface area (Å²) in [4.78, 5) is 34.3. The van der Waals surface area contributed by atoms with E-state index >= 15 is 0 Å². The van der Waals surface area contributed by atoms with E-state index in [4.69, 9.17) is 15.5 Å². The molecular formula is C22H25N5O2S2. The fourth-order valence-electron chi connectivity index (χ4n) is 3.75. The molecule has 7 nitrogen and oxygen atoms in total. The van der Waals surface area contributed by atoms with Gasteiger partial charge >= 0.3 is 0 Å². The Hall–Kier alpha value is -2.62. The van der Waals surface area contributed by atoms with Crippen LogP contribution in [0.5, 0.6) is 0 Å². The maximum atomic E-state index is 13.3. The van der Waals surface area contributed by atoms with Crippen LogP contribution in [0.4, 0.5) is 0 Å². The lowest BCUT2D eigenvalue weighted by molar-refractivity contribution is -0.128. The molecular weight excluding hydrogens is 430 g/mol. The number of allylic oxidation sites excluding steroid dienone is 1. The molecule has 1 unspecified atom stereocenters. The van der Waals surface area contributed by atoms with Gasteiger partial charge in [0.1, 0.15) is 4.83 Å². The van der Waals surface area contributed by atoms with Gasteiger partial charge in [0, 0.05) is 24.5 Å². The lowest BCUT2D eigenvalue weighted by Crippen LogP contribution is -2.34. The predicted octanol–water partition coefficient (Wildman–Crippen LogP) is 3.52. The minimum absolute atomic E-state index is 0.0716. The summed E-state index contributed by atoms with van der Waals surface area (Å²) in [5.41, 5.74) is 1.07. The number of hydrogen-bond donors (Lipinski definition) is 0. The van der Waals surface area contributed by atoms with E-state index in [-0.39, 0.29) is 30.1 Å². The van der Waals surface area contributed by atoms with Crippen molar-refractivity contribution in [3.8, 4) is 12.1 Å². The molecule has 1 amide bonds. The van der Waals surface area contributed by atoms with Gasteiger partial charge in [0.15, 0.2) is 5.16 Å². The van der Waals surface area contributed by atoms with Crippen LogP contribution in [-0.2, 0) is 24.2 Å². The van der Waals surface area contributed by atoms with Gasteiger partial charge in [0.05, 0.1) is 36.1 Å². The van der Waals surface area contributed by atoms with Gasteiger partial charge in [-0.15, -0.1) is 17.9 Å². The smallest absolute Gasteiger partial charge is 0.263 e. The molecule has 1 aliphatic carbocycles. The molecule has 0 N–H and O–H groups in total. The minimum Gasteiger partial charge on any atom is -0.340 e. The number of hydrogen-bond acceptors (Lipinski definition) is 7. The van der Waals surface area contributed by atoms with Gasteiger partial charge in [-0.05, 0) is 30.7 Å². The third-order valence-electron chi connectivity index (χ3n) is 5.36. The van der Waals surface area contributed by atoms with Crippen molar-refractivity contribution in [2.75, 3.05) is 18.8 Å². The highest BCUT2D eigenvalue weighted by atomic mass is 32.2. The SMILES string of the molecule is C=CCn1c(SCC(=O)N(CCC#N)CCC#N)nc2sc3c(c2c1=O)CCC(C)C3. The molecule has 0 saturated heterocycles. The zero-order valence-corrected chi connectivity index (χ0v) is 19.2. The topological polar surface area (TPSA) is 103 Å². The second kappa shape index (κ2) is 10.6. The number of rotatable bonds is 9. The monoisotopic (exact) mass is 455 g/mol. The quantitative estimate of drug-likeness (QED) is 0.326. The Morgan fingerprint density at radius 3 is 2.74 bits per heavy atom. The van der Waals surface area contributed by atoms with Gasteiger partial charge in [-0.2, -0.15) is 10.5 Å². The number of thioether (sulfide) groups is 1. The normalized spacial score (nSPS) is 15.1. The maximum absolute atomic E-state index is 13.3. The van der Waals surface area contributed by atoms with E-state index in [0.29, 0.717) is 36.1 Å². The summed E-state index contributed by atoms with van der Waals surface area (Å²) in [7, 11) is 0. The van der Waals surface area contributed by atoms with Crippen molar-refractivity contribution >= 4 is 39.2 Å². The van der Waals surface area contributed by atoms with Crippen LogP contribution in [0.15, 0.2) is 22.6 Å². The van der Waals surface area contributed by atoms with Gasteiger partial charge in [-0.25, -0.2) is 4.98 Å². The lowest BCUT2D eigenvalue weighted by atomic mass is 9.89. The molecule has 0 spiro atoms. The molecule has 0 aliphatic heterocycles. The molecule has 3 rings (SSSR count). The molecule has 9 heteroatoms. The number of carbonyl (C=O) groups excluding carboxylic acids is 1. The Morgan fingerprint density at radius 1 is 1.39 bits per heavy atom. The van der Waals surface area contributed by atoms with Crippen molar-refractivity contribution in [3.63, 3.8) is 0 Å². The van der Waals surface area contributed by atoms with Crippen LogP contribution in [0.2, 0.25) is 0 Å². The lowest BCUT2D eigenvalue weighted by Gasteiger charge is -2.20. The van der Waals surface area contributed by atoms with Gasteiger partial charge in [-0.3, -0.25) is 14.2 Å². The standard InChI is InChI=1S/C22H25N5O2S2/c1-3-10-27-21(29)19-16-7-6-15(2)13-17(16)31-20(19)25-22(27)30-14-18(28)26(11-4-8-23)12-5-9-24/h3,15H,1,4-7,10-14H2,2H3. The Labute approximate surface area is 190 Å². The van der Waals surface area contributed by atoms with Crippen LogP contribution < -0.4 is 5.56 Å². The summed E-state index contributed by atoms with van der Waals surface area (Å²) < 4.78 is 1.59. The number of carbonyl (C=O) groups is 1. The molecule has 0 aromatic carbocycles. The minimum atomic E-state index is -0.172. The Morgan fingerprint density at radius 2 is 2.10 bits per heavy atom. The Bertz CT molecular complexity index is 1100. The highest BCUT2D eigenvalue weighted by Gasteiger charge is 2.25. The van der Waals surface area contributed by atoms with E-state index in [2.05, 4.69) is 13.5 Å². The molecule has 2 aromatic heterocycles. The number of amides is 1. The fraction of sp³-hybridized carbons (Fsp3) is 0.500. The zero-order valence-electron chi connectivity index (χ0n) is 17.6. The Kier molecular flexibility index (Phi) is 7.89. The average molecular weight is 456 g/mol. The summed E-state index contributed by atoms with van der Waals surface area (Å²) in [6.07, 6.45) is 5.04. The summed E-state index contributed by atoms with van der Waals surface area (Å²) >= 11 is 2.81. The third kappa shape index (κ3) is 5.17. The van der Waals surface area contributed by atoms with E-state index in [1.54, 1.807) is 22.0 Å². The van der Waals surface area contributed by atoms with Crippen molar-refractivity contribution in [2.24, 2.45) is 5.92 Å². The van der Waals surface area contributed by atoms with Crippen LogP contribution in [0.3, 0.4) is 0 Å². The predicted molar refractivity (Wildman–Crippen MR) is 123 cm³/mol.